The van der Waals surface area contributed by atoms with E-state index in [2.05, 4.69) is 26.5 Å². The molecule has 8 heteroatoms. The third-order valence-corrected chi connectivity index (χ3v) is 4.18. The van der Waals surface area contributed by atoms with Crippen molar-refractivity contribution < 1.29 is 14.3 Å². The number of benzene rings is 1. The lowest BCUT2D eigenvalue weighted by Gasteiger charge is -2.10. The van der Waals surface area contributed by atoms with E-state index in [1.165, 1.54) is 0 Å². The second-order valence-electron chi connectivity index (χ2n) is 6.42. The molecule has 1 aliphatic heterocycles. The summed E-state index contributed by atoms with van der Waals surface area (Å²) in [5.41, 5.74) is 8.93. The number of anilines is 1. The molecule has 2 amide bonds. The molecule has 0 atom stereocenters. The first-order chi connectivity index (χ1) is 13.1. The molecule has 0 unspecified atom stereocenters. The second-order valence-corrected chi connectivity index (χ2v) is 6.42. The third-order valence-electron chi connectivity index (χ3n) is 4.18. The molecule has 1 aliphatic rings. The van der Waals surface area contributed by atoms with Crippen molar-refractivity contribution in [3.05, 3.63) is 59.4 Å². The van der Waals surface area contributed by atoms with Crippen LogP contribution >= 0.6 is 0 Å². The fourth-order valence-corrected chi connectivity index (χ4v) is 2.56. The topological polar surface area (TPSA) is 104 Å². The van der Waals surface area contributed by atoms with Crippen LogP contribution in [0.2, 0.25) is 0 Å². The van der Waals surface area contributed by atoms with E-state index in [1.807, 2.05) is 19.1 Å². The predicted octanol–water partition coefficient (Wildman–Crippen LogP) is 1.59. The summed E-state index contributed by atoms with van der Waals surface area (Å²) in [6.45, 7) is 4.19. The van der Waals surface area contributed by atoms with Crippen LogP contribution in [-0.4, -0.2) is 36.7 Å². The highest BCUT2D eigenvalue weighted by atomic mass is 16.5. The Kier molecular flexibility index (Phi) is 6.35. The van der Waals surface area contributed by atoms with Gasteiger partial charge in [0.05, 0.1) is 12.2 Å². The number of amides is 2. The molecule has 2 heterocycles. The first-order valence-electron chi connectivity index (χ1n) is 8.79. The number of carbonyl (C=O) groups is 2. The van der Waals surface area contributed by atoms with Crippen molar-refractivity contribution in [2.24, 2.45) is 5.92 Å². The number of ether oxygens (including phenoxy) is 1. The molecule has 0 aliphatic carbocycles. The van der Waals surface area contributed by atoms with E-state index in [0.29, 0.717) is 24.4 Å². The summed E-state index contributed by atoms with van der Waals surface area (Å²) < 4.78 is 5.20. The molecule has 1 aromatic heterocycles. The van der Waals surface area contributed by atoms with Crippen LogP contribution in [-0.2, 0) is 11.3 Å². The normalized spacial score (nSPS) is 14.0. The average Bonchev–Trinajstić information content (AvgIpc) is 3.20. The standard InChI is InChI=1S/C19H23N5O3/c1-13-2-5-16(11-20-13)18(25)21-8-14-3-6-17(7-4-14)24-19(26)27-12-15-9-22-23-10-15/h2-7,11,15,22-23H,8-10,12H2,1H3,(H,21,25)(H,24,26). The van der Waals surface area contributed by atoms with Gasteiger partial charge in [0.25, 0.3) is 5.91 Å². The van der Waals surface area contributed by atoms with Crippen molar-refractivity contribution >= 4 is 17.7 Å². The lowest BCUT2D eigenvalue weighted by molar-refractivity contribution is 0.0950. The minimum absolute atomic E-state index is 0.177. The van der Waals surface area contributed by atoms with Crippen molar-refractivity contribution in [3.8, 4) is 0 Å². The molecule has 8 nitrogen and oxygen atoms in total. The summed E-state index contributed by atoms with van der Waals surface area (Å²) in [5.74, 6) is 0.106. The highest BCUT2D eigenvalue weighted by Crippen LogP contribution is 2.11. The Hall–Kier alpha value is -2.97. The highest BCUT2D eigenvalue weighted by molar-refractivity contribution is 5.93. The van der Waals surface area contributed by atoms with E-state index in [9.17, 15) is 9.59 Å². The van der Waals surface area contributed by atoms with E-state index in [-0.39, 0.29) is 11.8 Å². The molecule has 27 heavy (non-hydrogen) atoms. The molecule has 0 saturated carbocycles. The Morgan fingerprint density at radius 1 is 1.15 bits per heavy atom. The van der Waals surface area contributed by atoms with Gasteiger partial charge in [0, 0.05) is 43.1 Å². The molecular formula is C19H23N5O3. The van der Waals surface area contributed by atoms with Gasteiger partial charge in [-0.25, -0.2) is 4.79 Å². The molecule has 4 N–H and O–H groups in total. The number of carbonyl (C=O) groups excluding carboxylic acids is 2. The molecule has 1 saturated heterocycles. The number of rotatable bonds is 6. The smallest absolute Gasteiger partial charge is 0.411 e. The van der Waals surface area contributed by atoms with E-state index in [1.54, 1.807) is 30.5 Å². The maximum absolute atomic E-state index is 12.1. The van der Waals surface area contributed by atoms with Crippen molar-refractivity contribution in [3.63, 3.8) is 0 Å². The fourth-order valence-electron chi connectivity index (χ4n) is 2.56. The second kappa shape index (κ2) is 9.11. The zero-order valence-corrected chi connectivity index (χ0v) is 15.1. The Bertz CT molecular complexity index is 771. The van der Waals surface area contributed by atoms with Gasteiger partial charge in [-0.2, -0.15) is 0 Å². The summed E-state index contributed by atoms with van der Waals surface area (Å²) in [6.07, 6.45) is 1.08. The summed E-state index contributed by atoms with van der Waals surface area (Å²) in [7, 11) is 0. The van der Waals surface area contributed by atoms with Crippen LogP contribution in [0.15, 0.2) is 42.6 Å². The van der Waals surface area contributed by atoms with Crippen LogP contribution in [0.25, 0.3) is 0 Å². The maximum atomic E-state index is 12.1. The number of hydrogen-bond acceptors (Lipinski definition) is 6. The van der Waals surface area contributed by atoms with Crippen LogP contribution in [0.5, 0.6) is 0 Å². The van der Waals surface area contributed by atoms with Crippen LogP contribution in [0, 0.1) is 12.8 Å². The Morgan fingerprint density at radius 2 is 1.89 bits per heavy atom. The summed E-state index contributed by atoms with van der Waals surface area (Å²) in [5, 5.41) is 5.54. The number of hydrogen-bond donors (Lipinski definition) is 4. The molecule has 1 fully saturated rings. The van der Waals surface area contributed by atoms with Crippen molar-refractivity contribution in [1.82, 2.24) is 21.2 Å². The van der Waals surface area contributed by atoms with Gasteiger partial charge in [0.15, 0.2) is 0 Å². The van der Waals surface area contributed by atoms with Crippen molar-refractivity contribution in [2.75, 3.05) is 25.0 Å². The predicted molar refractivity (Wildman–Crippen MR) is 101 cm³/mol. The van der Waals surface area contributed by atoms with Gasteiger partial charge in [0.2, 0.25) is 0 Å². The zero-order valence-electron chi connectivity index (χ0n) is 15.1. The van der Waals surface area contributed by atoms with Gasteiger partial charge >= 0.3 is 6.09 Å². The molecule has 0 radical (unpaired) electrons. The van der Waals surface area contributed by atoms with E-state index >= 15 is 0 Å². The third kappa shape index (κ3) is 5.77. The largest absolute Gasteiger partial charge is 0.449 e. The summed E-state index contributed by atoms with van der Waals surface area (Å²) in [4.78, 5) is 28.0. The van der Waals surface area contributed by atoms with Crippen molar-refractivity contribution in [2.45, 2.75) is 13.5 Å². The van der Waals surface area contributed by atoms with Gasteiger partial charge in [-0.05, 0) is 36.8 Å². The van der Waals surface area contributed by atoms with Gasteiger partial charge in [-0.1, -0.05) is 12.1 Å². The number of nitrogens with zero attached hydrogens (tertiary/aromatic N) is 1. The molecule has 1 aromatic carbocycles. The van der Waals surface area contributed by atoms with Gasteiger partial charge in [-0.3, -0.25) is 25.9 Å². The average molecular weight is 369 g/mol. The lowest BCUT2D eigenvalue weighted by Crippen LogP contribution is -2.23. The van der Waals surface area contributed by atoms with Crippen LogP contribution < -0.4 is 21.5 Å². The molecule has 142 valence electrons. The van der Waals surface area contributed by atoms with Crippen LogP contribution in [0.3, 0.4) is 0 Å². The number of hydrazine groups is 1. The summed E-state index contributed by atoms with van der Waals surface area (Å²) >= 11 is 0. The summed E-state index contributed by atoms with van der Waals surface area (Å²) in [6, 6.07) is 10.8. The van der Waals surface area contributed by atoms with E-state index < -0.39 is 6.09 Å². The Balaban J connectivity index is 1.43. The minimum Gasteiger partial charge on any atom is -0.449 e. The van der Waals surface area contributed by atoms with Crippen molar-refractivity contribution in [1.29, 1.82) is 0 Å². The first-order valence-corrected chi connectivity index (χ1v) is 8.79. The quantitative estimate of drug-likeness (QED) is 0.616. The highest BCUT2D eigenvalue weighted by Gasteiger charge is 2.16. The monoisotopic (exact) mass is 369 g/mol. The Labute approximate surface area is 157 Å². The van der Waals surface area contributed by atoms with Crippen LogP contribution in [0.4, 0.5) is 10.5 Å². The first kappa shape index (κ1) is 18.8. The lowest BCUT2D eigenvalue weighted by atomic mass is 10.2. The molecule has 3 rings (SSSR count). The van der Waals surface area contributed by atoms with Crippen LogP contribution in [0.1, 0.15) is 21.6 Å². The number of pyridine rings is 1. The van der Waals surface area contributed by atoms with Gasteiger partial charge in [-0.15, -0.1) is 0 Å². The number of aromatic nitrogens is 1. The van der Waals surface area contributed by atoms with E-state index in [4.69, 9.17) is 4.74 Å². The SMILES string of the molecule is Cc1ccc(C(=O)NCc2ccc(NC(=O)OCC3CNNC3)cc2)cn1. The molecule has 0 bridgehead atoms. The Morgan fingerprint density at radius 3 is 2.56 bits per heavy atom. The van der Waals surface area contributed by atoms with Gasteiger partial charge < -0.3 is 10.1 Å². The zero-order chi connectivity index (χ0) is 19.1. The minimum atomic E-state index is -0.477. The van der Waals surface area contributed by atoms with E-state index in [0.717, 1.165) is 24.3 Å². The number of aryl methyl sites for hydroxylation is 1. The number of nitrogens with one attached hydrogen (secondary N) is 4. The molecule has 0 spiro atoms. The molecule has 2 aromatic rings. The van der Waals surface area contributed by atoms with Gasteiger partial charge in [0.1, 0.15) is 0 Å². The maximum Gasteiger partial charge on any atom is 0.411 e. The molecular weight excluding hydrogens is 346 g/mol. The fraction of sp³-hybridized carbons (Fsp3) is 0.316.